The van der Waals surface area contributed by atoms with E-state index < -0.39 is 11.8 Å². The van der Waals surface area contributed by atoms with Gasteiger partial charge in [-0.15, -0.1) is 0 Å². The lowest BCUT2D eigenvalue weighted by Crippen LogP contribution is -2.34. The zero-order chi connectivity index (χ0) is 12.3. The van der Waals surface area contributed by atoms with Gasteiger partial charge in [-0.1, -0.05) is 0 Å². The molecule has 80 valence electrons. The van der Waals surface area contributed by atoms with Crippen molar-refractivity contribution in [3.05, 3.63) is 29.8 Å². The highest BCUT2D eigenvalue weighted by atomic mass is 16.4. The van der Waals surface area contributed by atoms with Gasteiger partial charge in [-0.05, 0) is 24.3 Å². The Morgan fingerprint density at radius 2 is 1.73 bits per heavy atom. The summed E-state index contributed by atoms with van der Waals surface area (Å²) >= 11 is 0. The molecule has 0 saturated carbocycles. The molecule has 0 fully saturated rings. The summed E-state index contributed by atoms with van der Waals surface area (Å²) in [5.74, 6) is -1.97. The van der Waals surface area contributed by atoms with E-state index in [2.05, 4.69) is 5.11 Å². The van der Waals surface area contributed by atoms with Crippen molar-refractivity contribution in [2.24, 2.45) is 0 Å². The maximum atomic E-state index is 11.3. The number of carbonyl (C=O) groups excluding carboxylic acids is 1. The molecule has 0 aliphatic carbocycles. The fourth-order valence-electron chi connectivity index (χ4n) is 1.18. The van der Waals surface area contributed by atoms with Gasteiger partial charge in [0.25, 0.3) is 7.21 Å². The van der Waals surface area contributed by atoms with Crippen LogP contribution in [-0.4, -0.2) is 38.0 Å². The zero-order valence-electron chi connectivity index (χ0n) is 9.98. The number of aliphatic carboxylic acids is 1. The number of nitrogens with zero attached hydrogens (tertiary/aromatic N) is 1. The van der Waals surface area contributed by atoms with E-state index in [1.807, 2.05) is 21.1 Å². The number of Topliss-reactive ketones (excluding diaryl/α,β-unsaturated/α-hetero) is 1. The Balaban J connectivity index is 2.96. The maximum Gasteiger partial charge on any atom is 0.377 e. The minimum Gasteiger partial charge on any atom is -0.475 e. The molecule has 0 atom stereocenters. The van der Waals surface area contributed by atoms with Gasteiger partial charge in [0.05, 0.1) is 21.1 Å². The third-order valence-electron chi connectivity index (χ3n) is 2.09. The van der Waals surface area contributed by atoms with Crippen LogP contribution in [0.25, 0.3) is 1.43 Å². The smallest absolute Gasteiger partial charge is 0.377 e. The number of rotatable bonds is 3. The number of hydrogen-bond donors (Lipinski definition) is 1. The molecular weight excluding hydrogens is 194 g/mol. The van der Waals surface area contributed by atoms with E-state index in [0.717, 1.165) is 5.69 Å². The van der Waals surface area contributed by atoms with Gasteiger partial charge in [-0.2, -0.15) is 0 Å². The van der Waals surface area contributed by atoms with Crippen LogP contribution in [0.1, 0.15) is 10.4 Å². The second kappa shape index (κ2) is 3.82. The van der Waals surface area contributed by atoms with Crippen LogP contribution in [0.5, 0.6) is 0 Å². The molecule has 0 amide bonds. The number of benzene rings is 1. The molecule has 0 aliphatic heterocycles. The molecular formula is C11H14NO3+. The van der Waals surface area contributed by atoms with Gasteiger partial charge >= 0.3 is 5.97 Å². The predicted octanol–water partition coefficient (Wildman–Crippen LogP) is 1.15. The number of carbonyl (C=O) groups is 2. The number of ketones is 1. The Morgan fingerprint density at radius 1 is 1.20 bits per heavy atom. The van der Waals surface area contributed by atoms with E-state index in [1.165, 1.54) is 0 Å². The third-order valence-corrected chi connectivity index (χ3v) is 2.09. The summed E-state index contributed by atoms with van der Waals surface area (Å²) in [6.07, 6.45) is 0. The SMILES string of the molecule is [2H]OC(=O)C(=O)c1ccc([N+](C)(C)C)cc1. The van der Waals surface area contributed by atoms with Crippen LogP contribution in [-0.2, 0) is 4.79 Å². The number of hydrogen-bond acceptors (Lipinski definition) is 3. The summed E-state index contributed by atoms with van der Waals surface area (Å²) in [5.41, 5.74) is 1.24. The number of quaternary nitrogens is 1. The fraction of sp³-hybridized carbons (Fsp3) is 0.273. The lowest BCUT2D eigenvalue weighted by molar-refractivity contribution is -0.131. The highest BCUT2D eigenvalue weighted by molar-refractivity contribution is 6.39. The quantitative estimate of drug-likeness (QED) is 0.461. The Labute approximate surface area is 89.8 Å². The monoisotopic (exact) mass is 209 g/mol. The molecule has 15 heavy (non-hydrogen) atoms. The van der Waals surface area contributed by atoms with Crippen LogP contribution in [0.3, 0.4) is 0 Å². The van der Waals surface area contributed by atoms with Crippen molar-refractivity contribution in [3.8, 4) is 0 Å². The van der Waals surface area contributed by atoms with Gasteiger partial charge in [0.15, 0.2) is 0 Å². The van der Waals surface area contributed by atoms with Crippen LogP contribution < -0.4 is 4.48 Å². The molecule has 0 heterocycles. The number of carboxylic acid groups (broad SMARTS) is 1. The summed E-state index contributed by atoms with van der Waals surface area (Å²) in [5, 5.41) is 3.62. The van der Waals surface area contributed by atoms with E-state index in [0.29, 0.717) is 4.48 Å². The summed E-state index contributed by atoms with van der Waals surface area (Å²) in [6, 6.07) is 6.64. The van der Waals surface area contributed by atoms with E-state index >= 15 is 0 Å². The zero-order valence-corrected chi connectivity index (χ0v) is 8.98. The molecule has 4 nitrogen and oxygen atoms in total. The molecule has 1 N–H and O–H groups in total. The van der Waals surface area contributed by atoms with Crippen molar-refractivity contribution in [1.82, 2.24) is 4.48 Å². The fourth-order valence-corrected chi connectivity index (χ4v) is 1.18. The van der Waals surface area contributed by atoms with Crippen LogP contribution in [0.4, 0.5) is 5.69 Å². The van der Waals surface area contributed by atoms with Crippen LogP contribution in [0.15, 0.2) is 24.3 Å². The first kappa shape index (κ1) is 9.86. The van der Waals surface area contributed by atoms with Crippen molar-refractivity contribution in [2.45, 2.75) is 0 Å². The lowest BCUT2D eigenvalue weighted by Gasteiger charge is -2.23. The summed E-state index contributed by atoms with van der Waals surface area (Å²) in [6.45, 7) is 0. The summed E-state index contributed by atoms with van der Waals surface area (Å²) < 4.78 is 6.98. The third kappa shape index (κ3) is 2.63. The van der Waals surface area contributed by atoms with Gasteiger partial charge in [0, 0.05) is 5.56 Å². The highest BCUT2D eigenvalue weighted by Gasteiger charge is 2.16. The molecule has 4 heteroatoms. The van der Waals surface area contributed by atoms with E-state index in [9.17, 15) is 9.59 Å². The van der Waals surface area contributed by atoms with Crippen LogP contribution in [0, 0.1) is 0 Å². The van der Waals surface area contributed by atoms with Crippen molar-refractivity contribution in [2.75, 3.05) is 21.1 Å². The Bertz CT molecular complexity index is 406. The Kier molecular flexibility index (Phi) is 2.51. The molecule has 0 unspecified atom stereocenters. The standard InChI is InChI=1S/C11H13NO3/c1-12(2,3)9-6-4-8(5-7-9)10(13)11(14)15/h4-7H,1-3H3/p+1/i/hD. The first-order valence-corrected chi connectivity index (χ1v) is 4.50. The molecule has 0 saturated heterocycles. The van der Waals surface area contributed by atoms with Gasteiger partial charge in [0.1, 0.15) is 5.69 Å². The van der Waals surface area contributed by atoms with Crippen molar-refractivity contribution in [3.63, 3.8) is 0 Å². The first-order valence-electron chi connectivity index (χ1n) is 4.91. The highest BCUT2D eigenvalue weighted by Crippen LogP contribution is 2.17. The largest absolute Gasteiger partial charge is 0.475 e. The predicted molar refractivity (Wildman–Crippen MR) is 58.0 cm³/mol. The second-order valence-electron chi connectivity index (χ2n) is 4.18. The molecule has 1 rings (SSSR count). The average molecular weight is 209 g/mol. The van der Waals surface area contributed by atoms with Crippen LogP contribution >= 0.6 is 0 Å². The summed E-state index contributed by atoms with van der Waals surface area (Å²) in [7, 11) is 5.98. The Morgan fingerprint density at radius 3 is 2.13 bits per heavy atom. The minimum atomic E-state index is -1.17. The Hall–Kier alpha value is -1.68. The normalized spacial score (nSPS) is 11.8. The lowest BCUT2D eigenvalue weighted by atomic mass is 10.1. The van der Waals surface area contributed by atoms with E-state index in [4.69, 9.17) is 1.43 Å². The van der Waals surface area contributed by atoms with Gasteiger partial charge in [0.2, 0.25) is 0 Å². The first-order chi connectivity index (χ1) is 7.36. The topological polar surface area (TPSA) is 54.4 Å². The molecule has 0 aromatic heterocycles. The molecule has 0 spiro atoms. The minimum absolute atomic E-state index is 0.231. The van der Waals surface area contributed by atoms with Gasteiger partial charge < -0.3 is 5.11 Å². The molecule has 0 bridgehead atoms. The molecule has 1 aromatic rings. The maximum absolute atomic E-state index is 11.3. The molecule has 0 radical (unpaired) electrons. The van der Waals surface area contributed by atoms with E-state index in [-0.39, 0.29) is 5.56 Å². The molecule has 0 aliphatic rings. The summed E-state index contributed by atoms with van der Waals surface area (Å²) in [4.78, 5) is 22.2. The van der Waals surface area contributed by atoms with Crippen molar-refractivity contribution < 1.29 is 14.7 Å². The number of carboxylic acids is 1. The van der Waals surface area contributed by atoms with Gasteiger partial charge in [-0.3, -0.25) is 9.28 Å². The van der Waals surface area contributed by atoms with E-state index in [1.54, 1.807) is 24.3 Å². The van der Waals surface area contributed by atoms with Crippen molar-refractivity contribution in [1.29, 1.82) is 1.43 Å². The second-order valence-corrected chi connectivity index (χ2v) is 4.18. The van der Waals surface area contributed by atoms with Crippen LogP contribution in [0.2, 0.25) is 0 Å². The average Bonchev–Trinajstić information content (AvgIpc) is 2.26. The molecule has 1 aromatic carbocycles. The van der Waals surface area contributed by atoms with Gasteiger partial charge in [-0.25, -0.2) is 4.79 Å². The van der Waals surface area contributed by atoms with Crippen molar-refractivity contribution >= 4 is 17.4 Å².